The van der Waals surface area contributed by atoms with Crippen LogP contribution in [0, 0.1) is 5.82 Å². The van der Waals surface area contributed by atoms with Gasteiger partial charge < -0.3 is 14.5 Å². The number of hydrogen-bond acceptors (Lipinski definition) is 4. The fraction of sp³-hybridized carbons (Fsp3) is 0.611. The molecule has 2 heterocycles. The van der Waals surface area contributed by atoms with Crippen LogP contribution in [0.3, 0.4) is 0 Å². The van der Waals surface area contributed by atoms with Crippen molar-refractivity contribution in [3.63, 3.8) is 0 Å². The smallest absolute Gasteiger partial charge is 0.277 e. The molecule has 0 saturated carbocycles. The Morgan fingerprint density at radius 1 is 1.15 bits per heavy atom. The average molecular weight is 400 g/mol. The van der Waals surface area contributed by atoms with Gasteiger partial charge in [-0.15, -0.1) is 0 Å². The zero-order valence-electron chi connectivity index (χ0n) is 15.7. The number of nitrogens with one attached hydrogen (secondary N) is 1. The van der Waals surface area contributed by atoms with Crippen LogP contribution in [0.25, 0.3) is 0 Å². The van der Waals surface area contributed by atoms with E-state index in [-0.39, 0.29) is 23.0 Å². The second kappa shape index (κ2) is 8.22. The van der Waals surface area contributed by atoms with Gasteiger partial charge in [-0.25, -0.2) is 12.8 Å². The first kappa shape index (κ1) is 20.2. The number of sulfonamides is 1. The number of nitrogens with zero attached hydrogens (tertiary/aromatic N) is 2. The van der Waals surface area contributed by atoms with E-state index in [1.165, 1.54) is 16.4 Å². The lowest BCUT2D eigenvalue weighted by Gasteiger charge is -2.37. The standard InChI is InChI=1S/C18H26FN3O4S/c1-14-11-21(12-15(2)26-14)18(23)13-20-7-9-22(10-8-20)27(24,25)17-5-3-16(19)4-6-17/h3-6,14-15H,7-13H2,1-2H3/p+1/t14-,15-/m1/s1. The Bertz CT molecular complexity index is 753. The SMILES string of the molecule is C[C@@H]1CN(C(=O)C[NH+]2CCN(S(=O)(=O)c3ccc(F)cc3)CC2)C[C@@H](C)O1. The number of rotatable bonds is 4. The van der Waals surface area contributed by atoms with Crippen LogP contribution in [0.2, 0.25) is 0 Å². The zero-order chi connectivity index (χ0) is 19.6. The summed E-state index contributed by atoms with van der Waals surface area (Å²) in [4.78, 5) is 15.6. The number of morpholine rings is 1. The van der Waals surface area contributed by atoms with Gasteiger partial charge in [-0.05, 0) is 38.1 Å². The van der Waals surface area contributed by atoms with Crippen molar-refractivity contribution in [1.29, 1.82) is 0 Å². The van der Waals surface area contributed by atoms with Crippen molar-refractivity contribution in [2.45, 2.75) is 31.0 Å². The largest absolute Gasteiger partial charge is 0.372 e. The number of halogens is 1. The fourth-order valence-electron chi connectivity index (χ4n) is 3.68. The van der Waals surface area contributed by atoms with E-state index in [0.717, 1.165) is 17.0 Å². The van der Waals surface area contributed by atoms with Crippen LogP contribution < -0.4 is 4.90 Å². The predicted molar refractivity (Wildman–Crippen MR) is 97.3 cm³/mol. The molecule has 2 saturated heterocycles. The Hall–Kier alpha value is -1.55. The molecule has 1 aromatic rings. The van der Waals surface area contributed by atoms with Crippen molar-refractivity contribution < 1.29 is 27.2 Å². The van der Waals surface area contributed by atoms with Crippen molar-refractivity contribution in [3.8, 4) is 0 Å². The summed E-state index contributed by atoms with van der Waals surface area (Å²) in [5.41, 5.74) is 0. The summed E-state index contributed by atoms with van der Waals surface area (Å²) < 4.78 is 45.4. The molecule has 2 fully saturated rings. The van der Waals surface area contributed by atoms with Gasteiger partial charge in [-0.2, -0.15) is 4.31 Å². The molecule has 27 heavy (non-hydrogen) atoms. The lowest BCUT2D eigenvalue weighted by Crippen LogP contribution is -3.15. The number of carbonyl (C=O) groups excluding carboxylic acids is 1. The third-order valence-electron chi connectivity index (χ3n) is 5.05. The molecule has 0 aromatic heterocycles. The number of piperazine rings is 1. The maximum absolute atomic E-state index is 13.0. The van der Waals surface area contributed by atoms with E-state index in [4.69, 9.17) is 4.74 Å². The number of quaternary nitrogens is 1. The summed E-state index contributed by atoms with van der Waals surface area (Å²) >= 11 is 0. The van der Waals surface area contributed by atoms with Crippen LogP contribution >= 0.6 is 0 Å². The normalized spacial score (nSPS) is 25.5. The van der Waals surface area contributed by atoms with Crippen LogP contribution in [0.4, 0.5) is 4.39 Å². The molecule has 2 atom stereocenters. The third-order valence-corrected chi connectivity index (χ3v) is 6.97. The van der Waals surface area contributed by atoms with E-state index in [0.29, 0.717) is 45.8 Å². The van der Waals surface area contributed by atoms with Crippen LogP contribution in [-0.2, 0) is 19.6 Å². The maximum Gasteiger partial charge on any atom is 0.277 e. The Morgan fingerprint density at radius 3 is 2.26 bits per heavy atom. The van der Waals surface area contributed by atoms with Gasteiger partial charge in [0, 0.05) is 13.1 Å². The highest BCUT2D eigenvalue weighted by molar-refractivity contribution is 7.89. The Morgan fingerprint density at radius 2 is 1.70 bits per heavy atom. The van der Waals surface area contributed by atoms with Crippen molar-refractivity contribution in [1.82, 2.24) is 9.21 Å². The predicted octanol–water partition coefficient (Wildman–Crippen LogP) is -0.649. The molecule has 0 aliphatic carbocycles. The quantitative estimate of drug-likeness (QED) is 0.729. The van der Waals surface area contributed by atoms with E-state index >= 15 is 0 Å². The van der Waals surface area contributed by atoms with Gasteiger partial charge in [0.1, 0.15) is 5.82 Å². The van der Waals surface area contributed by atoms with Gasteiger partial charge in [-0.3, -0.25) is 4.79 Å². The van der Waals surface area contributed by atoms with E-state index in [9.17, 15) is 17.6 Å². The lowest BCUT2D eigenvalue weighted by molar-refractivity contribution is -0.896. The van der Waals surface area contributed by atoms with Crippen molar-refractivity contribution in [2.24, 2.45) is 0 Å². The highest BCUT2D eigenvalue weighted by atomic mass is 32.2. The van der Waals surface area contributed by atoms with Crippen LogP contribution in [-0.4, -0.2) is 81.6 Å². The van der Waals surface area contributed by atoms with Crippen molar-refractivity contribution >= 4 is 15.9 Å². The minimum absolute atomic E-state index is 0.0328. The van der Waals surface area contributed by atoms with Crippen LogP contribution in [0.15, 0.2) is 29.2 Å². The molecular formula is C18H27FN3O4S+. The monoisotopic (exact) mass is 400 g/mol. The van der Waals surface area contributed by atoms with E-state index in [1.54, 1.807) is 0 Å². The lowest BCUT2D eigenvalue weighted by atomic mass is 10.2. The molecule has 150 valence electrons. The van der Waals surface area contributed by atoms with Crippen LogP contribution in [0.1, 0.15) is 13.8 Å². The number of carbonyl (C=O) groups is 1. The topological polar surface area (TPSA) is 71.4 Å². The average Bonchev–Trinajstić information content (AvgIpc) is 2.61. The highest BCUT2D eigenvalue weighted by Crippen LogP contribution is 2.16. The first-order valence-electron chi connectivity index (χ1n) is 9.28. The molecule has 1 aromatic carbocycles. The molecule has 2 aliphatic rings. The summed E-state index contributed by atoms with van der Waals surface area (Å²) in [6.45, 7) is 7.32. The van der Waals surface area contributed by atoms with Gasteiger partial charge in [0.05, 0.1) is 43.3 Å². The maximum atomic E-state index is 13.0. The minimum Gasteiger partial charge on any atom is -0.372 e. The zero-order valence-corrected chi connectivity index (χ0v) is 16.5. The van der Waals surface area contributed by atoms with Gasteiger partial charge in [0.25, 0.3) is 5.91 Å². The summed E-state index contributed by atoms with van der Waals surface area (Å²) in [6.07, 6.45) is 0.0656. The molecule has 0 spiro atoms. The molecule has 1 N–H and O–H groups in total. The number of benzene rings is 1. The molecule has 9 heteroatoms. The summed E-state index contributed by atoms with van der Waals surface area (Å²) in [7, 11) is -3.62. The molecule has 2 aliphatic heterocycles. The molecule has 3 rings (SSSR count). The molecule has 0 radical (unpaired) electrons. The van der Waals surface area contributed by atoms with E-state index in [1.807, 2.05) is 18.7 Å². The summed E-state index contributed by atoms with van der Waals surface area (Å²) in [5.74, 6) is -0.379. The molecule has 7 nitrogen and oxygen atoms in total. The van der Waals surface area contributed by atoms with Crippen molar-refractivity contribution in [2.75, 3.05) is 45.8 Å². The summed E-state index contributed by atoms with van der Waals surface area (Å²) in [5, 5.41) is 0. The van der Waals surface area contributed by atoms with Gasteiger partial charge in [0.2, 0.25) is 10.0 Å². The minimum atomic E-state index is -3.62. The van der Waals surface area contributed by atoms with Crippen LogP contribution in [0.5, 0.6) is 0 Å². The molecule has 0 unspecified atom stereocenters. The Kier molecular flexibility index (Phi) is 6.15. The van der Waals surface area contributed by atoms with Gasteiger partial charge >= 0.3 is 0 Å². The highest BCUT2D eigenvalue weighted by Gasteiger charge is 2.33. The molecule has 1 amide bonds. The van der Waals surface area contributed by atoms with E-state index < -0.39 is 15.8 Å². The number of ether oxygens (including phenoxy) is 1. The number of hydrogen-bond donors (Lipinski definition) is 1. The molecule has 0 bridgehead atoms. The second-order valence-electron chi connectivity index (χ2n) is 7.34. The fourth-order valence-corrected chi connectivity index (χ4v) is 5.12. The van der Waals surface area contributed by atoms with Gasteiger partial charge in [0.15, 0.2) is 6.54 Å². The van der Waals surface area contributed by atoms with Gasteiger partial charge in [-0.1, -0.05) is 0 Å². The summed E-state index contributed by atoms with van der Waals surface area (Å²) in [6, 6.07) is 4.87. The van der Waals surface area contributed by atoms with Crippen molar-refractivity contribution in [3.05, 3.63) is 30.1 Å². The van der Waals surface area contributed by atoms with E-state index in [2.05, 4.69) is 0 Å². The Labute approximate surface area is 159 Å². The third kappa shape index (κ3) is 4.84. The Balaban J connectivity index is 1.54. The first-order chi connectivity index (χ1) is 12.8. The first-order valence-corrected chi connectivity index (χ1v) is 10.7. The molecular weight excluding hydrogens is 373 g/mol. The number of amides is 1. The second-order valence-corrected chi connectivity index (χ2v) is 9.28.